The zero-order valence-electron chi connectivity index (χ0n) is 8.58. The van der Waals surface area contributed by atoms with Crippen molar-refractivity contribution in [2.75, 3.05) is 18.5 Å². The monoisotopic (exact) mass is 270 g/mol. The third-order valence-corrected chi connectivity index (χ3v) is 3.20. The smallest absolute Gasteiger partial charge is 0.129 e. The summed E-state index contributed by atoms with van der Waals surface area (Å²) in [5.74, 6) is 0. The lowest BCUT2D eigenvalue weighted by Crippen LogP contribution is -2.19. The maximum absolute atomic E-state index is 5.43. The molecule has 0 radical (unpaired) electrons. The molecule has 3 nitrogen and oxygen atoms in total. The number of halogens is 1. The van der Waals surface area contributed by atoms with Crippen LogP contribution in [0.25, 0.3) is 0 Å². The Kier molecular flexibility index (Phi) is 3.97. The Bertz CT molecular complexity index is 311. The molecule has 1 aromatic heterocycles. The number of anilines is 1. The fraction of sp³-hybridized carbons (Fsp3) is 0.545. The summed E-state index contributed by atoms with van der Waals surface area (Å²) in [6.07, 6.45) is 5.16. The van der Waals surface area contributed by atoms with E-state index in [0.29, 0.717) is 6.04 Å². The van der Waals surface area contributed by atoms with E-state index in [4.69, 9.17) is 4.74 Å². The van der Waals surface area contributed by atoms with E-state index in [2.05, 4.69) is 26.2 Å². The minimum atomic E-state index is 0.507. The van der Waals surface area contributed by atoms with Crippen LogP contribution in [0.15, 0.2) is 22.9 Å². The van der Waals surface area contributed by atoms with Crippen molar-refractivity contribution in [3.05, 3.63) is 22.9 Å². The standard InChI is InChI=1S/C11H15BrN2O/c12-11-10(4-1-6-13-11)14-9-3-2-7-15-8-5-9/h1,4,6,9,14H,2-3,5,7-8H2. The summed E-state index contributed by atoms with van der Waals surface area (Å²) in [5, 5.41) is 3.50. The highest BCUT2D eigenvalue weighted by Crippen LogP contribution is 2.21. The van der Waals surface area contributed by atoms with Crippen molar-refractivity contribution in [3.8, 4) is 0 Å². The van der Waals surface area contributed by atoms with Gasteiger partial charge in [0.2, 0.25) is 0 Å². The zero-order chi connectivity index (χ0) is 10.5. The number of aromatic nitrogens is 1. The second-order valence-electron chi connectivity index (χ2n) is 3.73. The van der Waals surface area contributed by atoms with Crippen molar-refractivity contribution in [2.45, 2.75) is 25.3 Å². The summed E-state index contributed by atoms with van der Waals surface area (Å²) in [7, 11) is 0. The van der Waals surface area contributed by atoms with Gasteiger partial charge in [-0.1, -0.05) is 0 Å². The number of nitrogens with zero attached hydrogens (tertiary/aromatic N) is 1. The maximum Gasteiger partial charge on any atom is 0.129 e. The summed E-state index contributed by atoms with van der Waals surface area (Å²) in [6, 6.07) is 4.50. The van der Waals surface area contributed by atoms with Gasteiger partial charge < -0.3 is 10.1 Å². The summed E-state index contributed by atoms with van der Waals surface area (Å²) in [6.45, 7) is 1.75. The average molecular weight is 271 g/mol. The normalized spacial score (nSPS) is 22.1. The first-order chi connectivity index (χ1) is 7.36. The summed E-state index contributed by atoms with van der Waals surface area (Å²) in [4.78, 5) is 4.19. The van der Waals surface area contributed by atoms with Crippen molar-refractivity contribution in [1.29, 1.82) is 0 Å². The predicted octanol–water partition coefficient (Wildman–Crippen LogP) is 2.83. The second-order valence-corrected chi connectivity index (χ2v) is 4.48. The zero-order valence-corrected chi connectivity index (χ0v) is 10.2. The topological polar surface area (TPSA) is 34.2 Å². The molecule has 0 aliphatic carbocycles. The first-order valence-electron chi connectivity index (χ1n) is 5.31. The van der Waals surface area contributed by atoms with E-state index in [9.17, 15) is 0 Å². The van der Waals surface area contributed by atoms with Gasteiger partial charge >= 0.3 is 0 Å². The van der Waals surface area contributed by atoms with Crippen LogP contribution in [0.1, 0.15) is 19.3 Å². The van der Waals surface area contributed by atoms with Crippen LogP contribution in [0.4, 0.5) is 5.69 Å². The first-order valence-corrected chi connectivity index (χ1v) is 6.10. The fourth-order valence-corrected chi connectivity index (χ4v) is 2.13. The van der Waals surface area contributed by atoms with Crippen molar-refractivity contribution in [2.24, 2.45) is 0 Å². The molecule has 2 rings (SSSR count). The van der Waals surface area contributed by atoms with E-state index in [1.807, 2.05) is 12.1 Å². The number of nitrogens with one attached hydrogen (secondary N) is 1. The van der Waals surface area contributed by atoms with Crippen molar-refractivity contribution in [1.82, 2.24) is 4.98 Å². The minimum absolute atomic E-state index is 0.507. The number of rotatable bonds is 2. The maximum atomic E-state index is 5.43. The van der Waals surface area contributed by atoms with Gasteiger partial charge in [0, 0.05) is 25.5 Å². The van der Waals surface area contributed by atoms with E-state index < -0.39 is 0 Å². The Balaban J connectivity index is 1.98. The Morgan fingerprint density at radius 3 is 3.20 bits per heavy atom. The number of hydrogen-bond acceptors (Lipinski definition) is 3. The predicted molar refractivity (Wildman–Crippen MR) is 64.0 cm³/mol. The van der Waals surface area contributed by atoms with Crippen LogP contribution in [-0.4, -0.2) is 24.2 Å². The van der Waals surface area contributed by atoms with E-state index in [-0.39, 0.29) is 0 Å². The van der Waals surface area contributed by atoms with Crippen LogP contribution < -0.4 is 5.32 Å². The Labute approximate surface area is 98.4 Å². The highest BCUT2D eigenvalue weighted by Gasteiger charge is 2.13. The van der Waals surface area contributed by atoms with Crippen molar-refractivity contribution in [3.63, 3.8) is 0 Å². The lowest BCUT2D eigenvalue weighted by atomic mass is 10.1. The molecule has 0 saturated carbocycles. The van der Waals surface area contributed by atoms with E-state index in [1.54, 1.807) is 6.20 Å². The lowest BCUT2D eigenvalue weighted by Gasteiger charge is -2.17. The molecule has 1 saturated heterocycles. The second kappa shape index (κ2) is 5.47. The van der Waals surface area contributed by atoms with Gasteiger partial charge in [-0.2, -0.15) is 0 Å². The van der Waals surface area contributed by atoms with Crippen molar-refractivity contribution >= 4 is 21.6 Å². The molecular weight excluding hydrogens is 256 g/mol. The van der Waals surface area contributed by atoms with Gasteiger partial charge in [0.15, 0.2) is 0 Å². The molecule has 0 aromatic carbocycles. The van der Waals surface area contributed by atoms with Crippen LogP contribution in [0, 0.1) is 0 Å². The average Bonchev–Trinajstić information content (AvgIpc) is 2.50. The number of hydrogen-bond donors (Lipinski definition) is 1. The van der Waals surface area contributed by atoms with Crippen LogP contribution in [0.3, 0.4) is 0 Å². The first kappa shape index (κ1) is 10.9. The van der Waals surface area contributed by atoms with Gasteiger partial charge in [-0.25, -0.2) is 4.98 Å². The van der Waals surface area contributed by atoms with Crippen molar-refractivity contribution < 1.29 is 4.74 Å². The fourth-order valence-electron chi connectivity index (χ4n) is 1.76. The molecule has 82 valence electrons. The molecule has 15 heavy (non-hydrogen) atoms. The minimum Gasteiger partial charge on any atom is -0.381 e. The lowest BCUT2D eigenvalue weighted by molar-refractivity contribution is 0.144. The number of ether oxygens (including phenoxy) is 1. The van der Waals surface area contributed by atoms with Crippen LogP contribution in [-0.2, 0) is 4.74 Å². The highest BCUT2D eigenvalue weighted by atomic mass is 79.9. The molecule has 4 heteroatoms. The van der Waals surface area contributed by atoms with E-state index >= 15 is 0 Å². The molecule has 1 aliphatic rings. The molecule has 0 spiro atoms. The molecule has 0 bridgehead atoms. The molecule has 1 aromatic rings. The molecule has 1 fully saturated rings. The Morgan fingerprint density at radius 2 is 2.33 bits per heavy atom. The molecule has 1 unspecified atom stereocenters. The van der Waals surface area contributed by atoms with Gasteiger partial charge in [0.05, 0.1) is 5.69 Å². The molecule has 1 aliphatic heterocycles. The van der Waals surface area contributed by atoms with E-state index in [0.717, 1.165) is 36.3 Å². The largest absolute Gasteiger partial charge is 0.381 e. The third-order valence-electron chi connectivity index (χ3n) is 2.57. The van der Waals surface area contributed by atoms with Gasteiger partial charge in [0.1, 0.15) is 4.60 Å². The summed E-state index contributed by atoms with van der Waals surface area (Å²) < 4.78 is 6.31. The summed E-state index contributed by atoms with van der Waals surface area (Å²) in [5.41, 5.74) is 1.07. The van der Waals surface area contributed by atoms with Crippen LogP contribution in [0.2, 0.25) is 0 Å². The van der Waals surface area contributed by atoms with Gasteiger partial charge in [-0.3, -0.25) is 0 Å². The quantitative estimate of drug-likeness (QED) is 0.840. The van der Waals surface area contributed by atoms with Gasteiger partial charge in [-0.15, -0.1) is 0 Å². The summed E-state index contributed by atoms with van der Waals surface area (Å²) >= 11 is 3.44. The highest BCUT2D eigenvalue weighted by molar-refractivity contribution is 9.10. The SMILES string of the molecule is Brc1ncccc1NC1CCCOCC1. The van der Waals surface area contributed by atoms with Crippen LogP contribution >= 0.6 is 15.9 Å². The van der Waals surface area contributed by atoms with E-state index in [1.165, 1.54) is 6.42 Å². The number of pyridine rings is 1. The Morgan fingerprint density at radius 1 is 1.40 bits per heavy atom. The van der Waals surface area contributed by atoms with Gasteiger partial charge in [-0.05, 0) is 47.3 Å². The molecule has 1 atom stereocenters. The molecular formula is C11H15BrN2O. The van der Waals surface area contributed by atoms with Gasteiger partial charge in [0.25, 0.3) is 0 Å². The third kappa shape index (κ3) is 3.18. The Hall–Kier alpha value is -0.610. The molecule has 1 N–H and O–H groups in total. The molecule has 2 heterocycles. The molecule has 0 amide bonds. The van der Waals surface area contributed by atoms with Crippen LogP contribution in [0.5, 0.6) is 0 Å².